The van der Waals surface area contributed by atoms with Crippen molar-refractivity contribution in [2.24, 2.45) is 5.73 Å². The molecule has 1 amide bonds. The van der Waals surface area contributed by atoms with Gasteiger partial charge in [-0.1, -0.05) is 12.1 Å². The number of halogens is 2. The molecule has 2 rings (SSSR count). The standard InChI is InChI=1S/C14H11F2N3O3/c15-9-3-1-8(2-4-9)13(14(17)20)18-11-6-5-10(16)7-12(11)19(21)22/h1-7,13,18H,(H2,17,20). The van der Waals surface area contributed by atoms with Gasteiger partial charge in [0.25, 0.3) is 5.69 Å². The Balaban J connectivity index is 2.39. The number of nitrogens with one attached hydrogen (secondary N) is 1. The molecular weight excluding hydrogens is 296 g/mol. The molecule has 0 saturated heterocycles. The zero-order valence-corrected chi connectivity index (χ0v) is 11.1. The molecule has 2 aromatic rings. The van der Waals surface area contributed by atoms with Crippen molar-refractivity contribution in [1.29, 1.82) is 0 Å². The smallest absolute Gasteiger partial charge is 0.295 e. The SMILES string of the molecule is NC(=O)C(Nc1ccc(F)cc1[N+](=O)[O-])c1ccc(F)cc1. The average molecular weight is 307 g/mol. The van der Waals surface area contributed by atoms with Crippen LogP contribution >= 0.6 is 0 Å². The van der Waals surface area contributed by atoms with E-state index in [-0.39, 0.29) is 5.69 Å². The number of amides is 1. The quantitative estimate of drug-likeness (QED) is 0.655. The summed E-state index contributed by atoms with van der Waals surface area (Å²) in [6, 6.07) is 6.67. The van der Waals surface area contributed by atoms with Crippen LogP contribution in [0.5, 0.6) is 0 Å². The predicted molar refractivity (Wildman–Crippen MR) is 75.0 cm³/mol. The molecule has 0 heterocycles. The van der Waals surface area contributed by atoms with Crippen LogP contribution in [0.25, 0.3) is 0 Å². The molecule has 0 saturated carbocycles. The lowest BCUT2D eigenvalue weighted by atomic mass is 10.1. The lowest BCUT2D eigenvalue weighted by molar-refractivity contribution is -0.384. The number of hydrogen-bond donors (Lipinski definition) is 2. The molecule has 0 radical (unpaired) electrons. The molecule has 22 heavy (non-hydrogen) atoms. The maximum Gasteiger partial charge on any atom is 0.295 e. The van der Waals surface area contributed by atoms with Gasteiger partial charge in [-0.25, -0.2) is 8.78 Å². The molecule has 0 aliphatic heterocycles. The number of primary amides is 1. The highest BCUT2D eigenvalue weighted by molar-refractivity contribution is 5.85. The van der Waals surface area contributed by atoms with E-state index in [9.17, 15) is 23.7 Å². The lowest BCUT2D eigenvalue weighted by Gasteiger charge is -2.17. The molecule has 1 atom stereocenters. The molecule has 0 aliphatic rings. The van der Waals surface area contributed by atoms with Crippen LogP contribution < -0.4 is 11.1 Å². The number of nitro benzene ring substituents is 1. The maximum absolute atomic E-state index is 13.1. The van der Waals surface area contributed by atoms with Gasteiger partial charge >= 0.3 is 0 Å². The van der Waals surface area contributed by atoms with Crippen LogP contribution in [0, 0.1) is 21.7 Å². The normalized spacial score (nSPS) is 11.7. The topological polar surface area (TPSA) is 98.3 Å². The largest absolute Gasteiger partial charge is 0.368 e. The van der Waals surface area contributed by atoms with E-state index in [0.29, 0.717) is 5.56 Å². The maximum atomic E-state index is 13.1. The number of nitrogens with zero attached hydrogens (tertiary/aromatic N) is 1. The van der Waals surface area contributed by atoms with Gasteiger partial charge in [0.2, 0.25) is 5.91 Å². The molecule has 0 spiro atoms. The first kappa shape index (κ1) is 15.4. The fourth-order valence-electron chi connectivity index (χ4n) is 1.91. The van der Waals surface area contributed by atoms with E-state index in [1.165, 1.54) is 12.1 Å². The minimum absolute atomic E-state index is 0.0699. The van der Waals surface area contributed by atoms with Crippen LogP contribution in [-0.2, 0) is 4.79 Å². The van der Waals surface area contributed by atoms with Crippen LogP contribution in [0.3, 0.4) is 0 Å². The summed E-state index contributed by atoms with van der Waals surface area (Å²) in [5.41, 5.74) is 4.99. The summed E-state index contributed by atoms with van der Waals surface area (Å²) in [5.74, 6) is -2.10. The Kier molecular flexibility index (Phi) is 4.31. The van der Waals surface area contributed by atoms with Gasteiger partial charge in [-0.05, 0) is 29.8 Å². The van der Waals surface area contributed by atoms with Gasteiger partial charge in [0.15, 0.2) is 0 Å². The first-order valence-corrected chi connectivity index (χ1v) is 6.13. The average Bonchev–Trinajstić information content (AvgIpc) is 2.46. The van der Waals surface area contributed by atoms with Crippen molar-refractivity contribution in [2.45, 2.75) is 6.04 Å². The van der Waals surface area contributed by atoms with E-state index in [1.54, 1.807) is 0 Å². The van der Waals surface area contributed by atoms with E-state index in [1.807, 2.05) is 0 Å². The van der Waals surface area contributed by atoms with E-state index >= 15 is 0 Å². The van der Waals surface area contributed by atoms with E-state index < -0.39 is 34.2 Å². The molecular formula is C14H11F2N3O3. The molecule has 0 fully saturated rings. The second-order valence-electron chi connectivity index (χ2n) is 4.45. The third-order valence-electron chi connectivity index (χ3n) is 2.94. The first-order chi connectivity index (χ1) is 10.4. The van der Waals surface area contributed by atoms with Crippen molar-refractivity contribution in [2.75, 3.05) is 5.32 Å². The summed E-state index contributed by atoms with van der Waals surface area (Å²) in [6.07, 6.45) is 0. The van der Waals surface area contributed by atoms with E-state index in [2.05, 4.69) is 5.32 Å². The molecule has 8 heteroatoms. The summed E-state index contributed by atoms with van der Waals surface area (Å²) in [7, 11) is 0. The highest BCUT2D eigenvalue weighted by atomic mass is 19.1. The van der Waals surface area contributed by atoms with Crippen molar-refractivity contribution in [3.63, 3.8) is 0 Å². The van der Waals surface area contributed by atoms with Crippen molar-refractivity contribution in [1.82, 2.24) is 0 Å². The van der Waals surface area contributed by atoms with Gasteiger partial charge in [0.1, 0.15) is 23.4 Å². The van der Waals surface area contributed by atoms with E-state index in [4.69, 9.17) is 5.73 Å². The third-order valence-corrected chi connectivity index (χ3v) is 2.94. The number of benzene rings is 2. The molecule has 0 aliphatic carbocycles. The van der Waals surface area contributed by atoms with Gasteiger partial charge in [-0.2, -0.15) is 0 Å². The van der Waals surface area contributed by atoms with Gasteiger partial charge in [0.05, 0.1) is 11.0 Å². The number of nitrogens with two attached hydrogens (primary N) is 1. The summed E-state index contributed by atoms with van der Waals surface area (Å²) in [5, 5.41) is 13.5. The Morgan fingerprint density at radius 2 is 1.73 bits per heavy atom. The van der Waals surface area contributed by atoms with Gasteiger partial charge in [-0.15, -0.1) is 0 Å². The van der Waals surface area contributed by atoms with Crippen LogP contribution in [0.2, 0.25) is 0 Å². The lowest BCUT2D eigenvalue weighted by Crippen LogP contribution is -2.28. The predicted octanol–water partition coefficient (Wildman–Crippen LogP) is 2.51. The fourth-order valence-corrected chi connectivity index (χ4v) is 1.91. The Bertz CT molecular complexity index is 720. The fraction of sp³-hybridized carbons (Fsp3) is 0.0714. The van der Waals surface area contributed by atoms with Crippen LogP contribution in [0.4, 0.5) is 20.2 Å². The summed E-state index contributed by atoms with van der Waals surface area (Å²) in [4.78, 5) is 21.7. The molecule has 6 nitrogen and oxygen atoms in total. The number of carbonyl (C=O) groups is 1. The van der Waals surface area contributed by atoms with Gasteiger partial charge in [0, 0.05) is 0 Å². The number of anilines is 1. The Hall–Kier alpha value is -3.03. The highest BCUT2D eigenvalue weighted by Gasteiger charge is 2.22. The number of rotatable bonds is 5. The summed E-state index contributed by atoms with van der Waals surface area (Å²) < 4.78 is 26.0. The molecule has 114 valence electrons. The van der Waals surface area contributed by atoms with Crippen LogP contribution in [0.15, 0.2) is 42.5 Å². The van der Waals surface area contributed by atoms with Gasteiger partial charge in [-0.3, -0.25) is 14.9 Å². The zero-order valence-electron chi connectivity index (χ0n) is 11.1. The minimum atomic E-state index is -1.12. The minimum Gasteiger partial charge on any atom is -0.368 e. The summed E-state index contributed by atoms with van der Waals surface area (Å²) >= 11 is 0. The second kappa shape index (κ2) is 6.17. The van der Waals surface area contributed by atoms with Crippen molar-refractivity contribution in [3.8, 4) is 0 Å². The van der Waals surface area contributed by atoms with Crippen molar-refractivity contribution < 1.29 is 18.5 Å². The third kappa shape index (κ3) is 3.35. The zero-order chi connectivity index (χ0) is 16.3. The molecule has 0 aromatic heterocycles. The van der Waals surface area contributed by atoms with Crippen molar-refractivity contribution >= 4 is 17.3 Å². The van der Waals surface area contributed by atoms with Crippen molar-refractivity contribution in [3.05, 3.63) is 69.8 Å². The monoisotopic (exact) mass is 307 g/mol. The highest BCUT2D eigenvalue weighted by Crippen LogP contribution is 2.29. The van der Waals surface area contributed by atoms with Crippen LogP contribution in [0.1, 0.15) is 11.6 Å². The molecule has 2 aromatic carbocycles. The summed E-state index contributed by atoms with van der Waals surface area (Å²) in [6.45, 7) is 0. The second-order valence-corrected chi connectivity index (χ2v) is 4.45. The first-order valence-electron chi connectivity index (χ1n) is 6.13. The molecule has 0 bridgehead atoms. The number of carbonyl (C=O) groups excluding carboxylic acids is 1. The van der Waals surface area contributed by atoms with Gasteiger partial charge < -0.3 is 11.1 Å². The number of hydrogen-bond acceptors (Lipinski definition) is 4. The molecule has 3 N–H and O–H groups in total. The molecule has 1 unspecified atom stereocenters. The van der Waals surface area contributed by atoms with E-state index in [0.717, 1.165) is 30.3 Å². The Morgan fingerprint density at radius 3 is 2.27 bits per heavy atom. The number of nitro groups is 1. The Labute approximate surface area is 123 Å². The van der Waals surface area contributed by atoms with Crippen LogP contribution in [-0.4, -0.2) is 10.8 Å². The Morgan fingerprint density at radius 1 is 1.14 bits per heavy atom.